The molecule has 0 fully saturated rings. The van der Waals surface area contributed by atoms with Crippen LogP contribution in [0, 0.1) is 10.1 Å². The Morgan fingerprint density at radius 1 is 1.26 bits per heavy atom. The Kier molecular flexibility index (Phi) is 5.04. The molecule has 2 rings (SSSR count). The molecule has 0 radical (unpaired) electrons. The van der Waals surface area contributed by atoms with Gasteiger partial charge in [-0.25, -0.2) is 4.79 Å². The first-order valence-electron chi connectivity index (χ1n) is 6.33. The lowest BCUT2D eigenvalue weighted by Crippen LogP contribution is -2.10. The van der Waals surface area contributed by atoms with Gasteiger partial charge >= 0.3 is 5.97 Å². The second-order valence-corrected chi connectivity index (χ2v) is 5.26. The highest BCUT2D eigenvalue weighted by Gasteiger charge is 2.22. The second-order valence-electron chi connectivity index (χ2n) is 4.58. The SMILES string of the molecule is O=C(O)c1cc(NS(=O)[O-])c(Cc2ccccc2)c([N+](=O)[O-])c1. The molecule has 1 atom stereocenters. The number of anilines is 1. The van der Waals surface area contributed by atoms with Gasteiger partial charge in [-0.2, -0.15) is 0 Å². The molecule has 0 spiro atoms. The van der Waals surface area contributed by atoms with E-state index in [1.807, 2.05) is 4.72 Å². The van der Waals surface area contributed by atoms with E-state index in [1.54, 1.807) is 30.3 Å². The van der Waals surface area contributed by atoms with Crippen molar-refractivity contribution in [3.05, 3.63) is 69.3 Å². The van der Waals surface area contributed by atoms with E-state index < -0.39 is 27.8 Å². The highest BCUT2D eigenvalue weighted by molar-refractivity contribution is 7.80. The van der Waals surface area contributed by atoms with Crippen molar-refractivity contribution in [2.45, 2.75) is 6.42 Å². The van der Waals surface area contributed by atoms with Gasteiger partial charge in [0, 0.05) is 23.8 Å². The van der Waals surface area contributed by atoms with Gasteiger partial charge in [0.05, 0.1) is 21.7 Å². The summed E-state index contributed by atoms with van der Waals surface area (Å²) >= 11 is -2.74. The van der Waals surface area contributed by atoms with E-state index in [2.05, 4.69) is 0 Å². The lowest BCUT2D eigenvalue weighted by atomic mass is 9.99. The minimum atomic E-state index is -2.74. The molecule has 8 nitrogen and oxygen atoms in total. The molecule has 2 aromatic rings. The minimum Gasteiger partial charge on any atom is -0.755 e. The summed E-state index contributed by atoms with van der Waals surface area (Å²) in [6.07, 6.45) is 0.0799. The molecule has 2 aromatic carbocycles. The highest BCUT2D eigenvalue weighted by atomic mass is 32.2. The molecule has 0 aliphatic carbocycles. The predicted octanol–water partition coefficient (Wildman–Crippen LogP) is 2.09. The van der Waals surface area contributed by atoms with Crippen LogP contribution in [0.4, 0.5) is 11.4 Å². The molecule has 0 saturated carbocycles. The van der Waals surface area contributed by atoms with Crippen LogP contribution < -0.4 is 4.72 Å². The van der Waals surface area contributed by atoms with Crippen LogP contribution in [0.1, 0.15) is 21.5 Å². The van der Waals surface area contributed by atoms with Crippen LogP contribution in [0.2, 0.25) is 0 Å². The molecule has 9 heteroatoms. The molecule has 0 aromatic heterocycles. The van der Waals surface area contributed by atoms with E-state index in [1.165, 1.54) is 0 Å². The Labute approximate surface area is 133 Å². The number of aromatic carboxylic acids is 1. The van der Waals surface area contributed by atoms with E-state index in [0.29, 0.717) is 0 Å². The number of nitro benzene ring substituents is 1. The standard InChI is InChI=1S/C14H12N2O6S/c17-14(18)10-7-12(15-23(21)22)11(13(8-10)16(19)20)6-9-4-2-1-3-5-9/h1-5,7-8,15H,6H2,(H,17,18)(H,21,22)/p-1. The Bertz CT molecular complexity index is 778. The molecule has 0 saturated heterocycles. The highest BCUT2D eigenvalue weighted by Crippen LogP contribution is 2.31. The van der Waals surface area contributed by atoms with Gasteiger partial charge in [0.25, 0.3) is 5.69 Å². The predicted molar refractivity (Wildman–Crippen MR) is 81.8 cm³/mol. The van der Waals surface area contributed by atoms with Crippen molar-refractivity contribution in [1.29, 1.82) is 0 Å². The van der Waals surface area contributed by atoms with Crippen molar-refractivity contribution in [1.82, 2.24) is 0 Å². The largest absolute Gasteiger partial charge is 0.755 e. The number of nitro groups is 1. The van der Waals surface area contributed by atoms with Crippen LogP contribution in [-0.2, 0) is 17.7 Å². The van der Waals surface area contributed by atoms with Crippen LogP contribution in [0.5, 0.6) is 0 Å². The molecule has 2 N–H and O–H groups in total. The minimum absolute atomic E-state index is 0.0799. The summed E-state index contributed by atoms with van der Waals surface area (Å²) in [5.41, 5.74) is -0.147. The monoisotopic (exact) mass is 335 g/mol. The quantitative estimate of drug-likeness (QED) is 0.472. The Hall–Kier alpha value is -2.78. The maximum atomic E-state index is 11.3. The third-order valence-corrected chi connectivity index (χ3v) is 3.47. The van der Waals surface area contributed by atoms with Crippen LogP contribution >= 0.6 is 0 Å². The molecular weight excluding hydrogens is 324 g/mol. The lowest BCUT2D eigenvalue weighted by Gasteiger charge is -2.15. The van der Waals surface area contributed by atoms with Crippen LogP contribution in [-0.4, -0.2) is 24.8 Å². The van der Waals surface area contributed by atoms with Gasteiger partial charge in [0.1, 0.15) is 0 Å². The smallest absolute Gasteiger partial charge is 0.336 e. The van der Waals surface area contributed by atoms with Gasteiger partial charge in [-0.3, -0.25) is 14.3 Å². The zero-order valence-corrected chi connectivity index (χ0v) is 12.4. The molecule has 0 aliphatic heterocycles. The van der Waals surface area contributed by atoms with Crippen molar-refractivity contribution < 1.29 is 23.6 Å². The summed E-state index contributed by atoms with van der Waals surface area (Å²) in [7, 11) is 0. The Balaban J connectivity index is 2.62. The average Bonchev–Trinajstić information content (AvgIpc) is 2.48. The lowest BCUT2D eigenvalue weighted by molar-refractivity contribution is -0.385. The number of nitrogens with one attached hydrogen (secondary N) is 1. The van der Waals surface area contributed by atoms with E-state index in [-0.39, 0.29) is 23.2 Å². The number of carboxylic acids is 1. The van der Waals surface area contributed by atoms with Crippen LogP contribution in [0.25, 0.3) is 0 Å². The van der Waals surface area contributed by atoms with E-state index in [4.69, 9.17) is 5.11 Å². The fourth-order valence-corrected chi connectivity index (χ4v) is 2.47. The zero-order chi connectivity index (χ0) is 17.0. The summed E-state index contributed by atoms with van der Waals surface area (Å²) in [5.74, 6) is -1.39. The third-order valence-electron chi connectivity index (χ3n) is 3.09. The van der Waals surface area contributed by atoms with Gasteiger partial charge in [-0.15, -0.1) is 0 Å². The molecule has 1 unspecified atom stereocenters. The first-order valence-corrected chi connectivity index (χ1v) is 7.40. The molecule has 23 heavy (non-hydrogen) atoms. The van der Waals surface area contributed by atoms with E-state index in [9.17, 15) is 23.7 Å². The molecule has 0 heterocycles. The third kappa shape index (κ3) is 4.11. The number of benzene rings is 2. The number of hydrogen-bond donors (Lipinski definition) is 2. The Morgan fingerprint density at radius 2 is 1.91 bits per heavy atom. The van der Waals surface area contributed by atoms with E-state index in [0.717, 1.165) is 17.7 Å². The topological polar surface area (TPSA) is 133 Å². The fourth-order valence-electron chi connectivity index (χ4n) is 2.11. The summed E-state index contributed by atoms with van der Waals surface area (Å²) in [6.45, 7) is 0. The summed E-state index contributed by atoms with van der Waals surface area (Å²) < 4.78 is 23.8. The number of hydrogen-bond acceptors (Lipinski definition) is 5. The van der Waals surface area contributed by atoms with E-state index >= 15 is 0 Å². The summed E-state index contributed by atoms with van der Waals surface area (Å²) in [6, 6.07) is 10.7. The molecular formula is C14H11N2O6S-. The number of rotatable bonds is 6. The van der Waals surface area contributed by atoms with Crippen molar-refractivity contribution in [3.63, 3.8) is 0 Å². The van der Waals surface area contributed by atoms with Gasteiger partial charge in [-0.1, -0.05) is 30.3 Å². The van der Waals surface area contributed by atoms with Gasteiger partial charge in [0.15, 0.2) is 0 Å². The van der Waals surface area contributed by atoms with Crippen molar-refractivity contribution in [3.8, 4) is 0 Å². The molecule has 0 amide bonds. The summed E-state index contributed by atoms with van der Waals surface area (Å²) in [5, 5.41) is 20.3. The second kappa shape index (κ2) is 6.99. The molecule has 0 bridgehead atoms. The first-order chi connectivity index (χ1) is 10.9. The van der Waals surface area contributed by atoms with Crippen molar-refractivity contribution in [2.24, 2.45) is 0 Å². The van der Waals surface area contributed by atoms with Gasteiger partial charge in [0.2, 0.25) is 0 Å². The van der Waals surface area contributed by atoms with Crippen LogP contribution in [0.15, 0.2) is 42.5 Å². The molecule has 0 aliphatic rings. The average molecular weight is 335 g/mol. The van der Waals surface area contributed by atoms with Gasteiger partial charge < -0.3 is 14.4 Å². The zero-order valence-electron chi connectivity index (χ0n) is 11.6. The maximum Gasteiger partial charge on any atom is 0.336 e. The Morgan fingerprint density at radius 3 is 2.43 bits per heavy atom. The fraction of sp³-hybridized carbons (Fsp3) is 0.0714. The number of nitrogens with zero attached hydrogens (tertiary/aromatic N) is 1. The maximum absolute atomic E-state index is 11.3. The number of carbonyl (C=O) groups is 1. The van der Waals surface area contributed by atoms with Crippen molar-refractivity contribution >= 4 is 28.6 Å². The first kappa shape index (κ1) is 16.6. The van der Waals surface area contributed by atoms with Crippen LogP contribution in [0.3, 0.4) is 0 Å². The van der Waals surface area contributed by atoms with Gasteiger partial charge in [-0.05, 0) is 11.6 Å². The van der Waals surface area contributed by atoms with Crippen molar-refractivity contribution in [2.75, 3.05) is 4.72 Å². The normalized spacial score (nSPS) is 11.7. The summed E-state index contributed by atoms with van der Waals surface area (Å²) in [4.78, 5) is 21.6. The molecule has 120 valence electrons. The number of carboxylic acid groups (broad SMARTS) is 1.